The van der Waals surface area contributed by atoms with E-state index in [4.69, 9.17) is 46.4 Å². The second-order valence-corrected chi connectivity index (χ2v) is 30.2. The van der Waals surface area contributed by atoms with Crippen molar-refractivity contribution >= 4 is 92.7 Å². The molecule has 103 heavy (non-hydrogen) atoms. The first-order valence-corrected chi connectivity index (χ1v) is 38.2. The van der Waals surface area contributed by atoms with E-state index in [1.807, 2.05) is 108 Å². The van der Waals surface area contributed by atoms with Crippen molar-refractivity contribution in [1.82, 2.24) is 40.9 Å². The van der Waals surface area contributed by atoms with Gasteiger partial charge in [0.05, 0.1) is 77.0 Å². The van der Waals surface area contributed by atoms with Gasteiger partial charge in [-0.15, -0.1) is 11.3 Å². The van der Waals surface area contributed by atoms with Crippen LogP contribution in [0.25, 0.3) is 0 Å². The largest absolute Gasteiger partial charge is 0.417 e. The number of nitrogens with one attached hydrogen (secondary N) is 4. The van der Waals surface area contributed by atoms with E-state index in [0.29, 0.717) is 27.6 Å². The lowest BCUT2D eigenvalue weighted by Crippen LogP contribution is -2.54. The molecular weight excluding hydrogens is 1440 g/mol. The molecule has 4 amide bonds. The molecule has 24 heteroatoms. The normalized spacial score (nSPS) is 21.3. The molecule has 6 saturated heterocycles. The number of likely N-dealkylation sites (N-methyl/N-ethyl adjacent to an activating group) is 3. The molecule has 0 spiro atoms. The first-order chi connectivity index (χ1) is 49.5. The van der Waals surface area contributed by atoms with Crippen LogP contribution in [0.1, 0.15) is 175 Å². The van der Waals surface area contributed by atoms with Crippen LogP contribution in [0.4, 0.5) is 26.3 Å². The molecule has 8 aromatic rings. The number of carbonyl (C=O) groups is 4. The molecule has 6 aliphatic heterocycles. The number of hydrogen-bond acceptors (Lipinski definition) is 10. The number of thiophene rings is 2. The van der Waals surface area contributed by atoms with Gasteiger partial charge in [0.15, 0.2) is 0 Å². The van der Waals surface area contributed by atoms with Gasteiger partial charge >= 0.3 is 12.4 Å². The van der Waals surface area contributed by atoms with Crippen molar-refractivity contribution in [1.29, 1.82) is 0 Å². The minimum atomic E-state index is -4.61. The zero-order valence-electron chi connectivity index (χ0n) is 57.6. The average Bonchev–Trinajstić information content (AvgIpc) is 1.42. The summed E-state index contributed by atoms with van der Waals surface area (Å²) in [7, 11) is 6.29. The van der Waals surface area contributed by atoms with Crippen LogP contribution in [0.5, 0.6) is 0 Å². The number of likely N-dealkylation sites (tertiary alicyclic amines) is 3. The average molecular weight is 1530 g/mol. The number of fused-ring (bicyclic) bond motifs is 3. The molecule has 0 aliphatic carbocycles. The highest BCUT2D eigenvalue weighted by Gasteiger charge is 2.42. The van der Waals surface area contributed by atoms with Gasteiger partial charge in [0, 0.05) is 24.2 Å². The Balaban J connectivity index is 0.000000148. The zero-order chi connectivity index (χ0) is 73.4. The van der Waals surface area contributed by atoms with Crippen LogP contribution in [0, 0.1) is 5.92 Å². The Labute approximate surface area is 627 Å². The number of benzene rings is 6. The number of carbonyl (C=O) groups excluding carboxylic acids is 4. The Morgan fingerprint density at radius 2 is 0.796 bits per heavy atom. The number of amides is 4. The van der Waals surface area contributed by atoms with Crippen LogP contribution < -0.4 is 21.3 Å². The molecule has 2 bridgehead atoms. The van der Waals surface area contributed by atoms with E-state index < -0.39 is 45.3 Å². The SMILES string of the molecule is CN1CCCCC1C(NC(=O)c1cccc(C(F)(F)F)c1Cl)c1ccsc1.CN1CCCCC1C(NC(=O)c1cccs1)c1ccccc1.CN1CCCC[C@H]1[C@@H](NC(=O)c1cccc(Cl)c1Cl)c1ccccc1.O=C(N[C@@H](c1ccccc1)[C@@H]1CC2CCN1CC2)c1cccc(C(F)(F)F)c1Cl. The third kappa shape index (κ3) is 20.6. The summed E-state index contributed by atoms with van der Waals surface area (Å²) in [5.41, 5.74) is 2.29. The molecule has 6 fully saturated rings. The third-order valence-electron chi connectivity index (χ3n) is 20.3. The smallest absolute Gasteiger partial charge is 0.344 e. The summed E-state index contributed by atoms with van der Waals surface area (Å²) in [5.74, 6) is -0.715. The van der Waals surface area contributed by atoms with Gasteiger partial charge in [-0.2, -0.15) is 37.7 Å². The Kier molecular flexibility index (Phi) is 28.2. The van der Waals surface area contributed by atoms with Gasteiger partial charge in [0.1, 0.15) is 0 Å². The van der Waals surface area contributed by atoms with E-state index in [-0.39, 0.29) is 65.2 Å². The van der Waals surface area contributed by atoms with Gasteiger partial charge in [0.2, 0.25) is 0 Å². The van der Waals surface area contributed by atoms with Crippen molar-refractivity contribution in [2.45, 2.75) is 138 Å². The summed E-state index contributed by atoms with van der Waals surface area (Å²) in [4.78, 5) is 61.3. The number of hydrogen-bond donors (Lipinski definition) is 4. The van der Waals surface area contributed by atoms with Crippen LogP contribution in [-0.4, -0.2) is 121 Å². The maximum absolute atomic E-state index is 13.2. The van der Waals surface area contributed by atoms with Gasteiger partial charge in [-0.1, -0.05) is 181 Å². The fraction of sp³-hybridized carbons (Fsp3) is 0.392. The number of rotatable bonds is 16. The number of halogens is 10. The second kappa shape index (κ2) is 36.9. The van der Waals surface area contributed by atoms with E-state index in [0.717, 1.165) is 118 Å². The number of nitrogens with zero attached hydrogens (tertiary/aromatic N) is 4. The molecular formula is C79H86Cl4F6N8O4S2. The molecule has 4 unspecified atom stereocenters. The van der Waals surface area contributed by atoms with E-state index in [1.54, 1.807) is 18.2 Å². The standard InChI is InChI=1S/C22H22ClF3N2O.C20H22Cl2N2O.C19H20ClF3N2OS.C18H22N2OS/c23-19-16(7-4-8-17(19)22(24,25)26)21(29)27-20(15-5-2-1-3-6-15)18-13-14-9-11-28(18)12-10-14;1-24-13-6-5-12-17(24)19(14-8-3-2-4-9-14)23-20(25)15-10-7-11-16(21)18(15)22;1-25-9-3-2-7-15(25)17(12-8-10-27-11-12)24-18(26)13-5-4-6-14(16(13)20)19(21,22)23;1-20-12-6-5-10-15(20)17(14-8-3-2-4-9-14)19-18(21)16-11-7-13-22-16/h1-8,14,18,20H,9-13H2,(H,27,29);2-4,7-11,17,19H,5-6,12-13H2,1H3,(H,23,25);4-6,8,10-11,15,17H,2-3,7,9H2,1H3,(H,24,26);2-4,7-9,11,13,15,17H,5-6,10,12H2,1H3,(H,19,21)/t18-,20-;17-,19-;;/m00../s1. The van der Waals surface area contributed by atoms with E-state index >= 15 is 0 Å². The van der Waals surface area contributed by atoms with Gasteiger partial charge in [-0.05, 0) is 204 Å². The first-order valence-electron chi connectivity index (χ1n) is 34.9. The Morgan fingerprint density at radius 3 is 1.16 bits per heavy atom. The molecule has 548 valence electrons. The summed E-state index contributed by atoms with van der Waals surface area (Å²) in [6.07, 6.45) is 4.15. The Hall–Kier alpha value is -6.82. The van der Waals surface area contributed by atoms with Gasteiger partial charge in [-0.3, -0.25) is 24.1 Å². The summed E-state index contributed by atoms with van der Waals surface area (Å²) in [6, 6.07) is 47.9. The molecule has 12 nitrogen and oxygen atoms in total. The molecule has 8 atom stereocenters. The highest BCUT2D eigenvalue weighted by atomic mass is 35.5. The Bertz CT molecular complexity index is 4050. The highest BCUT2D eigenvalue weighted by Crippen LogP contribution is 2.42. The minimum absolute atomic E-state index is 0.0304. The monoisotopic (exact) mass is 1530 g/mol. The summed E-state index contributed by atoms with van der Waals surface area (Å²) in [5, 5.41) is 17.8. The molecule has 6 aromatic carbocycles. The maximum Gasteiger partial charge on any atom is 0.417 e. The summed E-state index contributed by atoms with van der Waals surface area (Å²) >= 11 is 27.2. The molecule has 14 rings (SSSR count). The van der Waals surface area contributed by atoms with E-state index in [2.05, 4.69) is 79.2 Å². The van der Waals surface area contributed by atoms with Crippen molar-refractivity contribution in [2.24, 2.45) is 5.92 Å². The molecule has 0 saturated carbocycles. The highest BCUT2D eigenvalue weighted by molar-refractivity contribution is 7.12. The van der Waals surface area contributed by atoms with Crippen LogP contribution in [-0.2, 0) is 12.4 Å². The third-order valence-corrected chi connectivity index (χ3v) is 23.5. The van der Waals surface area contributed by atoms with Crippen LogP contribution in [0.2, 0.25) is 20.1 Å². The molecule has 0 radical (unpaired) electrons. The Morgan fingerprint density at radius 1 is 0.408 bits per heavy atom. The first kappa shape index (κ1) is 78.8. The number of alkyl halides is 6. The topological polar surface area (TPSA) is 129 Å². The van der Waals surface area contributed by atoms with E-state index in [1.165, 1.54) is 78.2 Å². The van der Waals surface area contributed by atoms with E-state index in [9.17, 15) is 45.5 Å². The van der Waals surface area contributed by atoms with Crippen molar-refractivity contribution < 1.29 is 45.5 Å². The van der Waals surface area contributed by atoms with Crippen molar-refractivity contribution in [3.05, 3.63) is 255 Å². The van der Waals surface area contributed by atoms with Gasteiger partial charge in [-0.25, -0.2) is 0 Å². The fourth-order valence-corrected chi connectivity index (χ4v) is 17.1. The zero-order valence-corrected chi connectivity index (χ0v) is 62.2. The fourth-order valence-electron chi connectivity index (χ4n) is 14.8. The predicted molar refractivity (Wildman–Crippen MR) is 402 cm³/mol. The van der Waals surface area contributed by atoms with Crippen LogP contribution in [0.15, 0.2) is 180 Å². The van der Waals surface area contributed by atoms with Crippen molar-refractivity contribution in [3.8, 4) is 0 Å². The quantitative estimate of drug-likeness (QED) is 0.0704. The lowest BCUT2D eigenvalue weighted by atomic mass is 9.79. The van der Waals surface area contributed by atoms with Crippen LogP contribution >= 0.6 is 69.1 Å². The molecule has 8 heterocycles. The van der Waals surface area contributed by atoms with Crippen molar-refractivity contribution in [2.75, 3.05) is 53.9 Å². The maximum atomic E-state index is 13.2. The second-order valence-electron chi connectivity index (χ2n) is 26.9. The minimum Gasteiger partial charge on any atom is -0.344 e. The molecule has 6 aliphatic rings. The van der Waals surface area contributed by atoms with Crippen LogP contribution in [0.3, 0.4) is 0 Å². The molecule has 2 aromatic heterocycles. The lowest BCUT2D eigenvalue weighted by Gasteiger charge is -2.48. The summed E-state index contributed by atoms with van der Waals surface area (Å²) < 4.78 is 78.9. The number of piperidine rings is 6. The van der Waals surface area contributed by atoms with Gasteiger partial charge < -0.3 is 36.0 Å². The van der Waals surface area contributed by atoms with Crippen molar-refractivity contribution in [3.63, 3.8) is 0 Å². The van der Waals surface area contributed by atoms with Gasteiger partial charge in [0.25, 0.3) is 23.6 Å². The predicted octanol–water partition coefficient (Wildman–Crippen LogP) is 19.3. The summed E-state index contributed by atoms with van der Waals surface area (Å²) in [6.45, 7) is 5.04. The molecule has 4 N–H and O–H groups in total. The lowest BCUT2D eigenvalue weighted by molar-refractivity contribution is -0.138.